The molecular formula is C18H10F6N4O3S. The molecule has 7 nitrogen and oxygen atoms in total. The number of alkyl halides is 6. The molecule has 0 aliphatic rings. The number of hydrogen-bond acceptors (Lipinski definition) is 6. The van der Waals surface area contributed by atoms with E-state index in [1.165, 1.54) is 5.51 Å². The first kappa shape index (κ1) is 23.0. The second-order valence-electron chi connectivity index (χ2n) is 5.97. The van der Waals surface area contributed by atoms with Crippen molar-refractivity contribution in [3.63, 3.8) is 0 Å². The van der Waals surface area contributed by atoms with Gasteiger partial charge in [0.25, 0.3) is 11.8 Å². The highest BCUT2D eigenvalue weighted by atomic mass is 32.1. The number of hydrogen-bond donors (Lipinski definition) is 2. The van der Waals surface area contributed by atoms with Gasteiger partial charge in [0, 0.05) is 18.1 Å². The summed E-state index contributed by atoms with van der Waals surface area (Å²) in [6.45, 7) is 0. The minimum Gasteiger partial charge on any atom is -0.406 e. The molecule has 3 rings (SSSR count). The van der Waals surface area contributed by atoms with Gasteiger partial charge in [-0.25, -0.2) is 4.98 Å². The van der Waals surface area contributed by atoms with Gasteiger partial charge in [0.15, 0.2) is 5.69 Å². The number of nitrogens with zero attached hydrogens (tertiary/aromatic N) is 2. The first-order valence-corrected chi connectivity index (χ1v) is 9.24. The Hall–Kier alpha value is -3.68. The number of nitrogens with one attached hydrogen (secondary N) is 2. The topological polar surface area (TPSA) is 93.2 Å². The Bertz CT molecular complexity index is 1130. The van der Waals surface area contributed by atoms with Crippen molar-refractivity contribution in [2.24, 2.45) is 0 Å². The van der Waals surface area contributed by atoms with Crippen molar-refractivity contribution in [3.8, 4) is 5.75 Å². The lowest BCUT2D eigenvalue weighted by Crippen LogP contribution is -2.18. The fraction of sp³-hybridized carbons (Fsp3) is 0.111. The van der Waals surface area contributed by atoms with Crippen LogP contribution in [0.2, 0.25) is 0 Å². The summed E-state index contributed by atoms with van der Waals surface area (Å²) >= 11 is 0.838. The van der Waals surface area contributed by atoms with E-state index in [9.17, 15) is 35.9 Å². The van der Waals surface area contributed by atoms with Crippen LogP contribution in [0.15, 0.2) is 48.2 Å². The highest BCUT2D eigenvalue weighted by Gasteiger charge is 2.32. The average molecular weight is 476 g/mol. The van der Waals surface area contributed by atoms with Gasteiger partial charge in [-0.1, -0.05) is 0 Å². The fourth-order valence-electron chi connectivity index (χ4n) is 2.32. The zero-order chi connectivity index (χ0) is 23.5. The van der Waals surface area contributed by atoms with Crippen molar-refractivity contribution in [1.82, 2.24) is 9.97 Å². The number of pyridine rings is 1. The van der Waals surface area contributed by atoms with Gasteiger partial charge in [-0.3, -0.25) is 14.6 Å². The summed E-state index contributed by atoms with van der Waals surface area (Å²) in [7, 11) is 0. The standard InChI is InChI=1S/C18H10F6N4O3S/c19-17(20,21)10-5-9(6-25-7-10)14(29)28-16-13(26-8-32-16)15(30)27-11-1-3-12(4-2-11)31-18(22,23)24/h1-8H,(H,27,30)(H,28,29). The molecule has 2 heterocycles. The summed E-state index contributed by atoms with van der Waals surface area (Å²) in [5.74, 6) is -2.25. The maximum absolute atomic E-state index is 12.8. The van der Waals surface area contributed by atoms with Crippen LogP contribution in [-0.2, 0) is 6.18 Å². The molecule has 0 aliphatic carbocycles. The zero-order valence-corrected chi connectivity index (χ0v) is 16.2. The van der Waals surface area contributed by atoms with Crippen molar-refractivity contribution in [1.29, 1.82) is 0 Å². The van der Waals surface area contributed by atoms with E-state index < -0.39 is 35.7 Å². The smallest absolute Gasteiger partial charge is 0.406 e. The van der Waals surface area contributed by atoms with Crippen LogP contribution in [0.1, 0.15) is 26.4 Å². The third kappa shape index (κ3) is 5.94. The summed E-state index contributed by atoms with van der Waals surface area (Å²) in [6, 6.07) is 4.87. The Balaban J connectivity index is 1.70. The maximum atomic E-state index is 12.8. The maximum Gasteiger partial charge on any atom is 0.573 e. The molecule has 0 aliphatic heterocycles. The number of aromatic nitrogens is 2. The molecule has 0 radical (unpaired) electrons. The van der Waals surface area contributed by atoms with Crippen molar-refractivity contribution in [2.45, 2.75) is 12.5 Å². The second kappa shape index (κ2) is 8.82. The van der Waals surface area contributed by atoms with E-state index >= 15 is 0 Å². The van der Waals surface area contributed by atoms with Crippen molar-refractivity contribution in [2.75, 3.05) is 10.6 Å². The van der Waals surface area contributed by atoms with Gasteiger partial charge < -0.3 is 15.4 Å². The monoisotopic (exact) mass is 476 g/mol. The summed E-state index contributed by atoms with van der Waals surface area (Å²) in [4.78, 5) is 31.9. The van der Waals surface area contributed by atoms with Gasteiger partial charge in [-0.2, -0.15) is 13.2 Å². The van der Waals surface area contributed by atoms with Crippen LogP contribution < -0.4 is 15.4 Å². The fourth-order valence-corrected chi connectivity index (χ4v) is 2.99. The highest BCUT2D eigenvalue weighted by molar-refractivity contribution is 7.14. The van der Waals surface area contributed by atoms with Crippen molar-refractivity contribution >= 4 is 33.8 Å². The Kier molecular flexibility index (Phi) is 6.34. The van der Waals surface area contributed by atoms with E-state index in [1.807, 2.05) is 0 Å². The molecule has 32 heavy (non-hydrogen) atoms. The Morgan fingerprint density at radius 3 is 2.25 bits per heavy atom. The highest BCUT2D eigenvalue weighted by Crippen LogP contribution is 2.30. The molecule has 14 heteroatoms. The predicted octanol–water partition coefficient (Wildman–Crippen LogP) is 4.96. The van der Waals surface area contributed by atoms with E-state index in [2.05, 4.69) is 25.3 Å². The third-order valence-electron chi connectivity index (χ3n) is 3.68. The average Bonchev–Trinajstić information content (AvgIpc) is 3.16. The molecule has 0 fully saturated rings. The summed E-state index contributed by atoms with van der Waals surface area (Å²) in [5.41, 5.74) is -0.434. The molecule has 0 saturated heterocycles. The molecule has 2 amide bonds. The lowest BCUT2D eigenvalue weighted by Gasteiger charge is -2.10. The SMILES string of the molecule is O=C(Nc1scnc1C(=O)Nc1ccc(OC(F)(F)F)cc1)c1cncc(C(F)(F)F)c1. The van der Waals surface area contributed by atoms with Gasteiger partial charge in [0.1, 0.15) is 10.8 Å². The van der Waals surface area contributed by atoms with Crippen LogP contribution in [0.4, 0.5) is 37.0 Å². The van der Waals surface area contributed by atoms with Crippen LogP contribution >= 0.6 is 11.3 Å². The van der Waals surface area contributed by atoms with Gasteiger partial charge in [-0.15, -0.1) is 24.5 Å². The largest absolute Gasteiger partial charge is 0.573 e. The van der Waals surface area contributed by atoms with Gasteiger partial charge in [-0.05, 0) is 30.3 Å². The molecule has 0 saturated carbocycles. The molecular weight excluding hydrogens is 466 g/mol. The number of ether oxygens (including phenoxy) is 1. The molecule has 0 spiro atoms. The second-order valence-corrected chi connectivity index (χ2v) is 6.83. The third-order valence-corrected chi connectivity index (χ3v) is 4.43. The predicted molar refractivity (Wildman–Crippen MR) is 100 cm³/mol. The number of benzene rings is 1. The molecule has 0 bridgehead atoms. The number of thiazole rings is 1. The molecule has 0 atom stereocenters. The van der Waals surface area contributed by atoms with E-state index in [1.54, 1.807) is 0 Å². The molecule has 0 unspecified atom stereocenters. The van der Waals surface area contributed by atoms with Gasteiger partial charge in [0.05, 0.1) is 16.6 Å². The van der Waals surface area contributed by atoms with Crippen molar-refractivity contribution < 1.29 is 40.7 Å². The summed E-state index contributed by atoms with van der Waals surface area (Å²) in [6.07, 6.45) is -8.07. The Morgan fingerprint density at radius 2 is 1.62 bits per heavy atom. The van der Waals surface area contributed by atoms with E-state index in [-0.39, 0.29) is 21.9 Å². The van der Waals surface area contributed by atoms with Crippen LogP contribution in [-0.4, -0.2) is 28.1 Å². The summed E-state index contributed by atoms with van der Waals surface area (Å²) < 4.78 is 78.7. The number of rotatable bonds is 5. The number of amides is 2. The number of halogens is 6. The van der Waals surface area contributed by atoms with Gasteiger partial charge in [0.2, 0.25) is 0 Å². The van der Waals surface area contributed by atoms with Crippen LogP contribution in [0.3, 0.4) is 0 Å². The lowest BCUT2D eigenvalue weighted by atomic mass is 10.2. The van der Waals surface area contributed by atoms with E-state index in [0.717, 1.165) is 41.8 Å². The van der Waals surface area contributed by atoms with Crippen molar-refractivity contribution in [3.05, 3.63) is 65.1 Å². The normalized spacial score (nSPS) is 11.7. The first-order valence-electron chi connectivity index (χ1n) is 8.36. The molecule has 3 aromatic rings. The van der Waals surface area contributed by atoms with Crippen LogP contribution in [0.25, 0.3) is 0 Å². The van der Waals surface area contributed by atoms with E-state index in [4.69, 9.17) is 0 Å². The number of carbonyl (C=O) groups excluding carboxylic acids is 2. The number of carbonyl (C=O) groups is 2. The zero-order valence-electron chi connectivity index (χ0n) is 15.4. The summed E-state index contributed by atoms with van der Waals surface area (Å²) in [5, 5.41) is 4.61. The molecule has 2 N–H and O–H groups in total. The molecule has 168 valence electrons. The van der Waals surface area contributed by atoms with Gasteiger partial charge >= 0.3 is 12.5 Å². The Morgan fingerprint density at radius 1 is 0.938 bits per heavy atom. The van der Waals surface area contributed by atoms with Crippen LogP contribution in [0, 0.1) is 0 Å². The number of anilines is 2. The minimum absolute atomic E-state index is 0.0538. The first-order chi connectivity index (χ1) is 14.9. The van der Waals surface area contributed by atoms with E-state index in [0.29, 0.717) is 12.3 Å². The molecule has 2 aromatic heterocycles. The van der Waals surface area contributed by atoms with Crippen LogP contribution in [0.5, 0.6) is 5.75 Å². The minimum atomic E-state index is -4.87. The molecule has 1 aromatic carbocycles. The lowest BCUT2D eigenvalue weighted by molar-refractivity contribution is -0.274. The Labute approximate surface area is 179 Å². The quantitative estimate of drug-likeness (QED) is 0.508.